The van der Waals surface area contributed by atoms with Gasteiger partial charge in [0.15, 0.2) is 0 Å². The molecule has 1 aromatic carbocycles. The van der Waals surface area contributed by atoms with Crippen LogP contribution in [0.15, 0.2) is 55.1 Å². The molecule has 0 fully saturated rings. The van der Waals surface area contributed by atoms with E-state index in [0.717, 1.165) is 11.5 Å². The lowest BCUT2D eigenvalue weighted by atomic mass is 10.2. The van der Waals surface area contributed by atoms with E-state index in [1.807, 2.05) is 47.3 Å². The predicted octanol–water partition coefficient (Wildman–Crippen LogP) is 1.57. The number of benzene rings is 1. The minimum atomic E-state index is -0.0940. The van der Waals surface area contributed by atoms with Gasteiger partial charge < -0.3 is 9.88 Å². The third kappa shape index (κ3) is 3.17. The fraction of sp³-hybridized carbons (Fsp3) is 0.133. The van der Waals surface area contributed by atoms with Crippen molar-refractivity contribution in [1.29, 1.82) is 0 Å². The van der Waals surface area contributed by atoms with Crippen molar-refractivity contribution in [2.75, 3.05) is 6.54 Å². The Balaban J connectivity index is 1.63. The number of H-pyrrole nitrogens is 1. The number of carbonyl (C=O) groups is 1. The van der Waals surface area contributed by atoms with Gasteiger partial charge >= 0.3 is 0 Å². The van der Waals surface area contributed by atoms with E-state index in [-0.39, 0.29) is 5.91 Å². The molecule has 0 aliphatic rings. The van der Waals surface area contributed by atoms with Crippen molar-refractivity contribution in [3.8, 4) is 5.69 Å². The second kappa shape index (κ2) is 6.04. The summed E-state index contributed by atoms with van der Waals surface area (Å²) in [5.74, 6) is 0.667. The van der Waals surface area contributed by atoms with Gasteiger partial charge in [-0.3, -0.25) is 9.89 Å². The fourth-order valence-electron chi connectivity index (χ4n) is 2.06. The second-order valence-electron chi connectivity index (χ2n) is 4.58. The van der Waals surface area contributed by atoms with Crippen molar-refractivity contribution >= 4 is 5.91 Å². The van der Waals surface area contributed by atoms with Crippen LogP contribution in [0.4, 0.5) is 0 Å². The molecule has 2 aromatic heterocycles. The molecule has 0 radical (unpaired) electrons. The van der Waals surface area contributed by atoms with E-state index in [1.54, 1.807) is 6.07 Å². The molecule has 106 valence electrons. The zero-order valence-electron chi connectivity index (χ0n) is 11.4. The highest BCUT2D eigenvalue weighted by Crippen LogP contribution is 2.10. The molecule has 0 saturated heterocycles. The van der Waals surface area contributed by atoms with Crippen LogP contribution in [0.25, 0.3) is 5.69 Å². The van der Waals surface area contributed by atoms with Crippen molar-refractivity contribution in [2.45, 2.75) is 6.42 Å². The Morgan fingerprint density at radius 3 is 2.86 bits per heavy atom. The lowest BCUT2D eigenvalue weighted by Crippen LogP contribution is -2.26. The first kappa shape index (κ1) is 13.1. The van der Waals surface area contributed by atoms with Crippen LogP contribution in [-0.2, 0) is 6.42 Å². The van der Waals surface area contributed by atoms with Crippen LogP contribution in [0.5, 0.6) is 0 Å². The van der Waals surface area contributed by atoms with Gasteiger partial charge in [-0.2, -0.15) is 5.10 Å². The van der Waals surface area contributed by atoms with E-state index < -0.39 is 0 Å². The predicted molar refractivity (Wildman–Crippen MR) is 78.2 cm³/mol. The Hall–Kier alpha value is -2.89. The normalized spacial score (nSPS) is 10.5. The van der Waals surface area contributed by atoms with Gasteiger partial charge in [-0.05, 0) is 30.3 Å². The summed E-state index contributed by atoms with van der Waals surface area (Å²) in [7, 11) is 0. The Labute approximate surface area is 121 Å². The average molecular weight is 281 g/mol. The van der Waals surface area contributed by atoms with E-state index in [0.29, 0.717) is 18.5 Å². The Kier molecular flexibility index (Phi) is 3.77. The minimum absolute atomic E-state index is 0.0940. The van der Waals surface area contributed by atoms with Gasteiger partial charge in [-0.25, -0.2) is 4.98 Å². The number of aromatic amines is 1. The van der Waals surface area contributed by atoms with Crippen molar-refractivity contribution in [3.05, 3.63) is 66.5 Å². The van der Waals surface area contributed by atoms with E-state index in [4.69, 9.17) is 0 Å². The van der Waals surface area contributed by atoms with Crippen LogP contribution in [0.3, 0.4) is 0 Å². The third-order valence-electron chi connectivity index (χ3n) is 3.12. The molecule has 0 aliphatic carbocycles. The van der Waals surface area contributed by atoms with Crippen molar-refractivity contribution < 1.29 is 4.79 Å². The number of amides is 1. The number of hydrogen-bond acceptors (Lipinski definition) is 3. The maximum Gasteiger partial charge on any atom is 0.251 e. The first-order chi connectivity index (χ1) is 10.3. The number of nitrogens with one attached hydrogen (secondary N) is 2. The topological polar surface area (TPSA) is 75.6 Å². The molecule has 21 heavy (non-hydrogen) atoms. The van der Waals surface area contributed by atoms with E-state index in [9.17, 15) is 4.79 Å². The quantitative estimate of drug-likeness (QED) is 0.745. The van der Waals surface area contributed by atoms with Gasteiger partial charge in [0.2, 0.25) is 0 Å². The number of aromatic nitrogens is 4. The van der Waals surface area contributed by atoms with E-state index in [2.05, 4.69) is 20.5 Å². The summed E-state index contributed by atoms with van der Waals surface area (Å²) in [5.41, 5.74) is 1.60. The smallest absolute Gasteiger partial charge is 0.251 e. The molecule has 3 aromatic rings. The summed E-state index contributed by atoms with van der Waals surface area (Å²) >= 11 is 0. The molecule has 6 nitrogen and oxygen atoms in total. The highest BCUT2D eigenvalue weighted by atomic mass is 16.1. The van der Waals surface area contributed by atoms with Crippen molar-refractivity contribution in [1.82, 2.24) is 25.1 Å². The average Bonchev–Trinajstić information content (AvgIpc) is 3.21. The van der Waals surface area contributed by atoms with Gasteiger partial charge in [0.1, 0.15) is 12.2 Å². The van der Waals surface area contributed by atoms with Crippen LogP contribution in [0.2, 0.25) is 0 Å². The lowest BCUT2D eigenvalue weighted by Gasteiger charge is -2.07. The van der Waals surface area contributed by atoms with Crippen LogP contribution in [-0.4, -0.2) is 32.2 Å². The number of hydrogen-bond donors (Lipinski definition) is 2. The molecule has 0 unspecified atom stereocenters. The molecular formula is C15H15N5O. The molecule has 0 saturated carbocycles. The molecular weight excluding hydrogens is 266 g/mol. The lowest BCUT2D eigenvalue weighted by molar-refractivity contribution is 0.0954. The summed E-state index contributed by atoms with van der Waals surface area (Å²) in [4.78, 5) is 16.1. The van der Waals surface area contributed by atoms with E-state index >= 15 is 0 Å². The first-order valence-corrected chi connectivity index (χ1v) is 6.69. The highest BCUT2D eigenvalue weighted by molar-refractivity contribution is 5.94. The van der Waals surface area contributed by atoms with Crippen molar-refractivity contribution in [2.24, 2.45) is 0 Å². The summed E-state index contributed by atoms with van der Waals surface area (Å²) in [6.07, 6.45) is 5.97. The molecule has 0 atom stereocenters. The monoisotopic (exact) mass is 281 g/mol. The molecule has 0 aliphatic heterocycles. The zero-order valence-corrected chi connectivity index (χ0v) is 11.4. The molecule has 1 amide bonds. The molecule has 0 spiro atoms. The Bertz CT molecular complexity index is 704. The van der Waals surface area contributed by atoms with Crippen molar-refractivity contribution in [3.63, 3.8) is 0 Å². The maximum atomic E-state index is 12.1. The summed E-state index contributed by atoms with van der Waals surface area (Å²) < 4.78 is 1.96. The number of carbonyl (C=O) groups excluding carboxylic acids is 1. The van der Waals surface area contributed by atoms with Gasteiger partial charge in [-0.1, -0.05) is 6.07 Å². The molecule has 6 heteroatoms. The largest absolute Gasteiger partial charge is 0.352 e. The Morgan fingerprint density at radius 1 is 1.24 bits per heavy atom. The molecule has 0 bridgehead atoms. The number of nitrogens with zero attached hydrogens (tertiary/aromatic N) is 3. The van der Waals surface area contributed by atoms with Crippen LogP contribution >= 0.6 is 0 Å². The Morgan fingerprint density at radius 2 is 2.10 bits per heavy atom. The third-order valence-corrected chi connectivity index (χ3v) is 3.12. The summed E-state index contributed by atoms with van der Waals surface area (Å²) in [5, 5.41) is 9.40. The molecule has 3 rings (SSSR count). The highest BCUT2D eigenvalue weighted by Gasteiger charge is 2.06. The van der Waals surface area contributed by atoms with Crippen LogP contribution in [0.1, 0.15) is 16.2 Å². The first-order valence-electron chi connectivity index (χ1n) is 6.69. The standard InChI is InChI=1S/C15H15N5O/c21-15(16-7-6-14-17-11-18-19-14)12-4-3-5-13(10-12)20-8-1-2-9-20/h1-5,8-11H,6-7H2,(H,16,21)(H,17,18,19). The molecule has 2 N–H and O–H groups in total. The SMILES string of the molecule is O=C(NCCc1ncn[nH]1)c1cccc(-n2cccc2)c1. The summed E-state index contributed by atoms with van der Waals surface area (Å²) in [6, 6.07) is 11.4. The van der Waals surface area contributed by atoms with E-state index in [1.165, 1.54) is 6.33 Å². The number of rotatable bonds is 5. The van der Waals surface area contributed by atoms with Gasteiger partial charge in [0.25, 0.3) is 5.91 Å². The van der Waals surface area contributed by atoms with Gasteiger partial charge in [0, 0.05) is 36.6 Å². The minimum Gasteiger partial charge on any atom is -0.352 e. The molecule has 2 heterocycles. The zero-order chi connectivity index (χ0) is 14.5. The van der Waals surface area contributed by atoms with Gasteiger partial charge in [0.05, 0.1) is 0 Å². The summed E-state index contributed by atoms with van der Waals surface area (Å²) in [6.45, 7) is 0.516. The second-order valence-corrected chi connectivity index (χ2v) is 4.58. The van der Waals surface area contributed by atoms with Crippen LogP contribution < -0.4 is 5.32 Å². The van der Waals surface area contributed by atoms with Gasteiger partial charge in [-0.15, -0.1) is 0 Å². The van der Waals surface area contributed by atoms with Crippen LogP contribution in [0, 0.1) is 0 Å². The fourth-order valence-corrected chi connectivity index (χ4v) is 2.06. The maximum absolute atomic E-state index is 12.1.